The number of alkyl halides is 6. The summed E-state index contributed by atoms with van der Waals surface area (Å²) in [7, 11) is -3.75. The molecule has 35 heavy (non-hydrogen) atoms. The van der Waals surface area contributed by atoms with Gasteiger partial charge in [0.1, 0.15) is 10.7 Å². The Morgan fingerprint density at radius 3 is 1.77 bits per heavy atom. The minimum absolute atomic E-state index is 0.0728. The van der Waals surface area contributed by atoms with Crippen LogP contribution in [0.4, 0.5) is 30.7 Å². The van der Waals surface area contributed by atoms with Crippen LogP contribution in [0.25, 0.3) is 0 Å². The predicted molar refractivity (Wildman–Crippen MR) is 109 cm³/mol. The number of Topliss-reactive ketones (excluding diaryl/α,β-unsaturated/α-hetero) is 2. The number of sulfone groups is 1. The third-order valence-corrected chi connectivity index (χ3v) is 6.22. The van der Waals surface area contributed by atoms with Crippen LogP contribution >= 0.6 is 0 Å². The molecule has 1 aromatic carbocycles. The van der Waals surface area contributed by atoms with E-state index in [1.807, 2.05) is 20.8 Å². The Morgan fingerprint density at radius 1 is 0.971 bits per heavy atom. The van der Waals surface area contributed by atoms with Crippen LogP contribution < -0.4 is 5.73 Å². The molecular weight excluding hydrogens is 511 g/mol. The van der Waals surface area contributed by atoms with Crippen LogP contribution in [0.2, 0.25) is 0 Å². The number of aromatic nitrogens is 2. The second-order valence-corrected chi connectivity index (χ2v) is 9.09. The third kappa shape index (κ3) is 7.59. The first kappa shape index (κ1) is 30.2. The van der Waals surface area contributed by atoms with Crippen molar-refractivity contribution >= 4 is 21.4 Å². The highest BCUT2D eigenvalue weighted by molar-refractivity contribution is 7.91. The maximum Gasteiger partial charge on any atom is 0.458 e. The average Bonchev–Trinajstić information content (AvgIpc) is 3.09. The van der Waals surface area contributed by atoms with Gasteiger partial charge in [-0.2, -0.15) is 31.4 Å². The number of benzene rings is 1. The molecule has 0 bridgehead atoms. The summed E-state index contributed by atoms with van der Waals surface area (Å²) in [6, 6.07) is 4.73. The molecule has 0 spiro atoms. The van der Waals surface area contributed by atoms with Crippen molar-refractivity contribution < 1.29 is 48.7 Å². The van der Waals surface area contributed by atoms with Crippen molar-refractivity contribution in [2.75, 3.05) is 0 Å². The number of ketones is 2. The van der Waals surface area contributed by atoms with Crippen LogP contribution in [0.15, 0.2) is 34.1 Å². The van der Waals surface area contributed by atoms with Gasteiger partial charge >= 0.3 is 23.9 Å². The van der Waals surface area contributed by atoms with Gasteiger partial charge in [0.25, 0.3) is 0 Å². The zero-order valence-electron chi connectivity index (χ0n) is 18.7. The molecule has 1 aromatic heterocycles. The number of halogens is 7. The van der Waals surface area contributed by atoms with Crippen molar-refractivity contribution in [1.82, 2.24) is 9.78 Å². The summed E-state index contributed by atoms with van der Waals surface area (Å²) in [6.45, 7) is 6.05. The minimum Gasteiger partial charge on any atom is -0.326 e. The monoisotopic (exact) mass is 533 g/mol. The lowest BCUT2D eigenvalue weighted by Gasteiger charge is -2.10. The number of carbonyl (C=O) groups is 2. The Kier molecular flexibility index (Phi) is 9.74. The quantitative estimate of drug-likeness (QED) is 0.331. The molecule has 15 heteroatoms. The summed E-state index contributed by atoms with van der Waals surface area (Å²) < 4.78 is 108. The van der Waals surface area contributed by atoms with Crippen LogP contribution in [-0.2, 0) is 38.8 Å². The van der Waals surface area contributed by atoms with E-state index in [1.54, 1.807) is 4.68 Å². The minimum atomic E-state index is -5.77. The maximum atomic E-state index is 13.1. The van der Waals surface area contributed by atoms with E-state index in [1.165, 1.54) is 12.1 Å². The van der Waals surface area contributed by atoms with Crippen molar-refractivity contribution in [1.29, 1.82) is 0 Å². The first-order valence-corrected chi connectivity index (χ1v) is 11.4. The number of nitrogens with two attached hydrogens (primary N) is 1. The van der Waals surface area contributed by atoms with Crippen molar-refractivity contribution in [2.24, 2.45) is 5.73 Å². The first-order chi connectivity index (χ1) is 15.9. The van der Waals surface area contributed by atoms with E-state index in [-0.39, 0.29) is 15.8 Å². The van der Waals surface area contributed by atoms with Gasteiger partial charge in [-0.15, -0.1) is 0 Å². The Balaban J connectivity index is 0.000000434. The summed E-state index contributed by atoms with van der Waals surface area (Å²) in [6.07, 6.45) is -10.5. The van der Waals surface area contributed by atoms with Gasteiger partial charge in [0, 0.05) is 6.04 Å². The molecule has 2 N–H and O–H groups in total. The molecule has 0 radical (unpaired) electrons. The summed E-state index contributed by atoms with van der Waals surface area (Å²) in [5.41, 5.74) is 7.00. The van der Waals surface area contributed by atoms with Gasteiger partial charge in [-0.1, -0.05) is 13.8 Å². The summed E-state index contributed by atoms with van der Waals surface area (Å²) in [4.78, 5) is 19.5. The van der Waals surface area contributed by atoms with Gasteiger partial charge in [0.05, 0.1) is 22.8 Å². The first-order valence-electron chi connectivity index (χ1n) is 9.95. The molecular formula is C20H22F7N3O4S. The molecule has 0 saturated heterocycles. The standard InChI is InChI=1S/C16H22FN3O2S.C4F6O2/c1-4-14-16(15(5-2)20(19-14)10-11(3)18)23(21,22)13-8-6-12(17)7-9-13;5-3(6,7)1(11)2(12)4(8,9)10/h6-9,11H,4-5,10,18H2,1-3H3;/t11-;/m0./s1. The van der Waals surface area contributed by atoms with E-state index >= 15 is 0 Å². The molecule has 0 fully saturated rings. The van der Waals surface area contributed by atoms with E-state index in [2.05, 4.69) is 5.10 Å². The molecule has 7 nitrogen and oxygen atoms in total. The number of carbonyl (C=O) groups excluding carboxylic acids is 2. The molecule has 0 unspecified atom stereocenters. The van der Waals surface area contributed by atoms with Gasteiger partial charge in [0.2, 0.25) is 9.84 Å². The lowest BCUT2D eigenvalue weighted by Crippen LogP contribution is -2.39. The van der Waals surface area contributed by atoms with Crippen LogP contribution in [0.3, 0.4) is 0 Å². The van der Waals surface area contributed by atoms with E-state index in [0.29, 0.717) is 30.8 Å². The fraction of sp³-hybridized carbons (Fsp3) is 0.450. The van der Waals surface area contributed by atoms with E-state index < -0.39 is 39.6 Å². The molecule has 0 aliphatic rings. The highest BCUT2D eigenvalue weighted by Gasteiger charge is 2.54. The van der Waals surface area contributed by atoms with E-state index in [4.69, 9.17) is 5.73 Å². The molecule has 0 aliphatic heterocycles. The molecule has 0 saturated carbocycles. The summed E-state index contributed by atoms with van der Waals surface area (Å²) >= 11 is 0. The van der Waals surface area contributed by atoms with Crippen molar-refractivity contribution in [3.05, 3.63) is 41.5 Å². The zero-order chi connectivity index (χ0) is 27.4. The van der Waals surface area contributed by atoms with Gasteiger partial charge in [0.15, 0.2) is 0 Å². The molecule has 0 aliphatic carbocycles. The number of nitrogens with zero attached hydrogens (tertiary/aromatic N) is 2. The van der Waals surface area contributed by atoms with Crippen LogP contribution in [0, 0.1) is 5.82 Å². The fourth-order valence-corrected chi connectivity index (χ4v) is 4.62. The Bertz CT molecular complexity index is 1130. The van der Waals surface area contributed by atoms with E-state index in [0.717, 1.165) is 12.1 Å². The molecule has 2 aromatic rings. The van der Waals surface area contributed by atoms with Crippen LogP contribution in [-0.4, -0.2) is 48.2 Å². The average molecular weight is 533 g/mol. The highest BCUT2D eigenvalue weighted by atomic mass is 32.2. The normalized spacial score (nSPS) is 13.1. The smallest absolute Gasteiger partial charge is 0.326 e. The summed E-state index contributed by atoms with van der Waals surface area (Å²) in [5.74, 6) is -7.28. The van der Waals surface area contributed by atoms with Gasteiger partial charge < -0.3 is 5.73 Å². The molecule has 1 atom stereocenters. The predicted octanol–water partition coefficient (Wildman–Crippen LogP) is 3.58. The van der Waals surface area contributed by atoms with Gasteiger partial charge in [-0.05, 0) is 44.0 Å². The van der Waals surface area contributed by atoms with Crippen LogP contribution in [0.1, 0.15) is 32.2 Å². The maximum absolute atomic E-state index is 13.1. The van der Waals surface area contributed by atoms with Gasteiger partial charge in [-0.3, -0.25) is 14.3 Å². The lowest BCUT2D eigenvalue weighted by atomic mass is 10.2. The zero-order valence-corrected chi connectivity index (χ0v) is 19.5. The topological polar surface area (TPSA) is 112 Å². The molecule has 2 rings (SSSR count). The van der Waals surface area contributed by atoms with Crippen molar-refractivity contribution in [3.63, 3.8) is 0 Å². The van der Waals surface area contributed by atoms with Crippen molar-refractivity contribution in [2.45, 2.75) is 68.3 Å². The van der Waals surface area contributed by atoms with Crippen molar-refractivity contribution in [3.8, 4) is 0 Å². The number of hydrogen-bond donors (Lipinski definition) is 1. The second kappa shape index (κ2) is 11.3. The number of aryl methyl sites for hydroxylation is 1. The van der Waals surface area contributed by atoms with Gasteiger partial charge in [-0.25, -0.2) is 12.8 Å². The Hall–Kier alpha value is -2.81. The number of rotatable bonds is 7. The molecule has 0 amide bonds. The fourth-order valence-electron chi connectivity index (χ4n) is 2.83. The molecule has 196 valence electrons. The largest absolute Gasteiger partial charge is 0.458 e. The number of hydrogen-bond acceptors (Lipinski definition) is 6. The van der Waals surface area contributed by atoms with E-state index in [9.17, 15) is 48.7 Å². The second-order valence-electron chi connectivity index (χ2n) is 7.20. The summed E-state index contributed by atoms with van der Waals surface area (Å²) in [5, 5.41) is 4.43. The Morgan fingerprint density at radius 2 is 1.43 bits per heavy atom. The third-order valence-electron chi connectivity index (χ3n) is 4.32. The molecule has 1 heterocycles. The Labute approximate surface area is 196 Å². The SMILES string of the molecule is CCc1nn(C[C@H](C)N)c(CC)c1S(=O)(=O)c1ccc(F)cc1.O=C(C(=O)C(F)(F)F)C(F)(F)F. The van der Waals surface area contributed by atoms with Crippen LogP contribution in [0.5, 0.6) is 0 Å². The highest BCUT2D eigenvalue weighted by Crippen LogP contribution is 2.29. The lowest BCUT2D eigenvalue weighted by molar-refractivity contribution is -0.193.